The van der Waals surface area contributed by atoms with Gasteiger partial charge < -0.3 is 10.2 Å². The zero-order chi connectivity index (χ0) is 12.4. The molecule has 5 nitrogen and oxygen atoms in total. The van der Waals surface area contributed by atoms with Crippen LogP contribution < -0.4 is 10.2 Å². The number of anilines is 1. The molecule has 0 aromatic carbocycles. The van der Waals surface area contributed by atoms with Gasteiger partial charge in [0.25, 0.3) is 0 Å². The topological polar surface area (TPSA) is 62.3 Å². The van der Waals surface area contributed by atoms with Crippen LogP contribution in [0.4, 0.5) is 5.82 Å². The molecule has 0 radical (unpaired) electrons. The van der Waals surface area contributed by atoms with Crippen LogP contribution in [-0.4, -0.2) is 36.3 Å². The van der Waals surface area contributed by atoms with E-state index in [-0.39, 0.29) is 11.9 Å². The third-order valence-corrected chi connectivity index (χ3v) is 2.98. The third-order valence-electron chi connectivity index (χ3n) is 2.98. The summed E-state index contributed by atoms with van der Waals surface area (Å²) in [5.74, 6) is 0.787. The molecule has 1 atom stereocenters. The zero-order valence-electron chi connectivity index (χ0n) is 9.93. The van der Waals surface area contributed by atoms with E-state index in [2.05, 4.69) is 10.3 Å². The van der Waals surface area contributed by atoms with E-state index in [1.165, 1.54) is 6.20 Å². The molecule has 2 heterocycles. The van der Waals surface area contributed by atoms with E-state index in [1.807, 2.05) is 18.7 Å². The Morgan fingerprint density at radius 1 is 1.59 bits per heavy atom. The van der Waals surface area contributed by atoms with Crippen molar-refractivity contribution in [3.63, 3.8) is 0 Å². The minimum Gasteiger partial charge on any atom is -0.353 e. The Labute approximate surface area is 99.8 Å². The van der Waals surface area contributed by atoms with Gasteiger partial charge in [-0.05, 0) is 25.5 Å². The predicted molar refractivity (Wildman–Crippen MR) is 64.2 cm³/mol. The molecule has 90 valence electrons. The molecule has 1 fully saturated rings. The van der Waals surface area contributed by atoms with Crippen molar-refractivity contribution in [1.29, 1.82) is 0 Å². The lowest BCUT2D eigenvalue weighted by Crippen LogP contribution is -2.54. The molecule has 0 spiro atoms. The molecule has 1 aliphatic heterocycles. The van der Waals surface area contributed by atoms with E-state index in [9.17, 15) is 9.59 Å². The number of aromatic nitrogens is 1. The Morgan fingerprint density at radius 3 is 3.00 bits per heavy atom. The van der Waals surface area contributed by atoms with Crippen LogP contribution in [0.3, 0.4) is 0 Å². The van der Waals surface area contributed by atoms with Gasteiger partial charge in [-0.2, -0.15) is 0 Å². The van der Waals surface area contributed by atoms with Crippen molar-refractivity contribution in [2.45, 2.75) is 19.9 Å². The lowest BCUT2D eigenvalue weighted by molar-refractivity contribution is -0.122. The molecule has 1 amide bonds. The number of amides is 1. The second-order valence-corrected chi connectivity index (χ2v) is 4.19. The summed E-state index contributed by atoms with van der Waals surface area (Å²) in [7, 11) is 0. The number of carbonyl (C=O) groups is 2. The van der Waals surface area contributed by atoms with Crippen molar-refractivity contribution < 1.29 is 9.59 Å². The maximum atomic E-state index is 11.6. The SMILES string of the molecule is Cc1cc(C=O)cnc1N1CCNC(=O)C1C. The molecule has 0 aliphatic carbocycles. The zero-order valence-corrected chi connectivity index (χ0v) is 9.93. The summed E-state index contributed by atoms with van der Waals surface area (Å²) >= 11 is 0. The maximum absolute atomic E-state index is 11.6. The van der Waals surface area contributed by atoms with Gasteiger partial charge in [0.15, 0.2) is 6.29 Å². The van der Waals surface area contributed by atoms with E-state index in [0.717, 1.165) is 24.2 Å². The highest BCUT2D eigenvalue weighted by Crippen LogP contribution is 2.20. The second-order valence-electron chi connectivity index (χ2n) is 4.19. The lowest BCUT2D eigenvalue weighted by Gasteiger charge is -2.34. The number of aldehydes is 1. The normalized spacial score (nSPS) is 20.0. The first-order chi connectivity index (χ1) is 8.13. The number of piperazine rings is 1. The summed E-state index contributed by atoms with van der Waals surface area (Å²) in [5, 5.41) is 2.81. The Balaban J connectivity index is 2.33. The van der Waals surface area contributed by atoms with Crippen LogP contribution in [0.5, 0.6) is 0 Å². The molecule has 1 aromatic heterocycles. The van der Waals surface area contributed by atoms with Crippen molar-refractivity contribution in [3.8, 4) is 0 Å². The molecule has 1 saturated heterocycles. The first kappa shape index (κ1) is 11.6. The first-order valence-corrected chi connectivity index (χ1v) is 5.59. The molecule has 1 unspecified atom stereocenters. The summed E-state index contributed by atoms with van der Waals surface area (Å²) in [6, 6.07) is 1.56. The van der Waals surface area contributed by atoms with Gasteiger partial charge in [0.1, 0.15) is 11.9 Å². The van der Waals surface area contributed by atoms with Crippen molar-refractivity contribution in [1.82, 2.24) is 10.3 Å². The van der Waals surface area contributed by atoms with Crippen molar-refractivity contribution in [2.75, 3.05) is 18.0 Å². The van der Waals surface area contributed by atoms with E-state index >= 15 is 0 Å². The standard InChI is InChI=1S/C12H15N3O2/c1-8-5-10(7-16)6-14-11(8)15-4-3-13-12(17)9(15)2/h5-7,9H,3-4H2,1-2H3,(H,13,17). The summed E-state index contributed by atoms with van der Waals surface area (Å²) < 4.78 is 0. The largest absolute Gasteiger partial charge is 0.353 e. The highest BCUT2D eigenvalue weighted by molar-refractivity contribution is 5.86. The molecule has 1 aliphatic rings. The van der Waals surface area contributed by atoms with Crippen LogP contribution in [0.1, 0.15) is 22.8 Å². The van der Waals surface area contributed by atoms with Gasteiger partial charge >= 0.3 is 0 Å². The quantitative estimate of drug-likeness (QED) is 0.757. The molecular formula is C12H15N3O2. The molecular weight excluding hydrogens is 218 g/mol. The fourth-order valence-corrected chi connectivity index (χ4v) is 2.03. The molecule has 1 aromatic rings. The van der Waals surface area contributed by atoms with Crippen molar-refractivity contribution in [3.05, 3.63) is 23.4 Å². The van der Waals surface area contributed by atoms with Crippen LogP contribution >= 0.6 is 0 Å². The van der Waals surface area contributed by atoms with Crippen LogP contribution in [0.2, 0.25) is 0 Å². The third kappa shape index (κ3) is 2.13. The fourth-order valence-electron chi connectivity index (χ4n) is 2.03. The maximum Gasteiger partial charge on any atom is 0.242 e. The number of rotatable bonds is 2. The Morgan fingerprint density at radius 2 is 2.35 bits per heavy atom. The fraction of sp³-hybridized carbons (Fsp3) is 0.417. The van der Waals surface area contributed by atoms with Gasteiger partial charge in [0.2, 0.25) is 5.91 Å². The predicted octanol–water partition coefficient (Wildman–Crippen LogP) is 0.527. The number of nitrogens with one attached hydrogen (secondary N) is 1. The van der Waals surface area contributed by atoms with Gasteiger partial charge in [-0.15, -0.1) is 0 Å². The smallest absolute Gasteiger partial charge is 0.242 e. The average molecular weight is 233 g/mol. The van der Waals surface area contributed by atoms with Crippen molar-refractivity contribution in [2.24, 2.45) is 0 Å². The second kappa shape index (κ2) is 4.53. The van der Waals surface area contributed by atoms with Crippen LogP contribution in [0, 0.1) is 6.92 Å². The van der Waals surface area contributed by atoms with Crippen LogP contribution in [0.15, 0.2) is 12.3 Å². The highest BCUT2D eigenvalue weighted by Gasteiger charge is 2.27. The number of pyridine rings is 1. The van der Waals surface area contributed by atoms with Gasteiger partial charge in [0.05, 0.1) is 0 Å². The van der Waals surface area contributed by atoms with E-state index in [0.29, 0.717) is 12.1 Å². The molecule has 0 saturated carbocycles. The van der Waals surface area contributed by atoms with E-state index in [4.69, 9.17) is 0 Å². The van der Waals surface area contributed by atoms with E-state index in [1.54, 1.807) is 6.07 Å². The Bertz CT molecular complexity index is 459. The van der Waals surface area contributed by atoms with Crippen LogP contribution in [-0.2, 0) is 4.79 Å². The number of hydrogen-bond acceptors (Lipinski definition) is 4. The molecule has 2 rings (SSSR count). The first-order valence-electron chi connectivity index (χ1n) is 5.59. The van der Waals surface area contributed by atoms with Gasteiger partial charge in [0, 0.05) is 24.8 Å². The number of carbonyl (C=O) groups excluding carboxylic acids is 2. The lowest BCUT2D eigenvalue weighted by atomic mass is 10.1. The van der Waals surface area contributed by atoms with Gasteiger partial charge in [-0.25, -0.2) is 4.98 Å². The van der Waals surface area contributed by atoms with Crippen LogP contribution in [0.25, 0.3) is 0 Å². The van der Waals surface area contributed by atoms with Gasteiger partial charge in [-0.1, -0.05) is 0 Å². The summed E-state index contributed by atoms with van der Waals surface area (Å²) in [6.45, 7) is 5.11. The summed E-state index contributed by atoms with van der Waals surface area (Å²) in [5.41, 5.74) is 1.47. The Kier molecular flexibility index (Phi) is 3.08. The number of aryl methyl sites for hydroxylation is 1. The summed E-state index contributed by atoms with van der Waals surface area (Å²) in [6.07, 6.45) is 2.31. The monoisotopic (exact) mass is 233 g/mol. The summed E-state index contributed by atoms with van der Waals surface area (Å²) in [4.78, 5) is 28.5. The molecule has 0 bridgehead atoms. The van der Waals surface area contributed by atoms with E-state index < -0.39 is 0 Å². The molecule has 5 heteroatoms. The number of hydrogen-bond donors (Lipinski definition) is 1. The average Bonchev–Trinajstić information content (AvgIpc) is 2.33. The minimum atomic E-state index is -0.225. The molecule has 1 N–H and O–H groups in total. The molecule has 17 heavy (non-hydrogen) atoms. The van der Waals surface area contributed by atoms with Crippen molar-refractivity contribution >= 4 is 18.0 Å². The number of nitrogens with zero attached hydrogens (tertiary/aromatic N) is 2. The highest BCUT2D eigenvalue weighted by atomic mass is 16.2. The Hall–Kier alpha value is -1.91. The van der Waals surface area contributed by atoms with Gasteiger partial charge in [-0.3, -0.25) is 9.59 Å². The minimum absolute atomic E-state index is 0.0110.